The second-order valence-corrected chi connectivity index (χ2v) is 7.22. The molecule has 2 amide bonds. The first-order chi connectivity index (χ1) is 10.5. The lowest BCUT2D eigenvalue weighted by atomic mass is 10.1. The van der Waals surface area contributed by atoms with Gasteiger partial charge in [-0.1, -0.05) is 25.1 Å². The molecule has 3 rings (SSSR count). The maximum absolute atomic E-state index is 12.7. The third-order valence-corrected chi connectivity index (χ3v) is 5.08. The van der Waals surface area contributed by atoms with Gasteiger partial charge in [-0.05, 0) is 49.2 Å². The molecule has 1 aliphatic rings. The van der Waals surface area contributed by atoms with Crippen molar-refractivity contribution in [2.75, 3.05) is 16.8 Å². The van der Waals surface area contributed by atoms with Crippen molar-refractivity contribution in [2.24, 2.45) is 0 Å². The highest BCUT2D eigenvalue weighted by Gasteiger charge is 2.26. The van der Waals surface area contributed by atoms with Crippen molar-refractivity contribution in [3.8, 4) is 0 Å². The van der Waals surface area contributed by atoms with Crippen LogP contribution in [0.1, 0.15) is 18.1 Å². The third kappa shape index (κ3) is 2.97. The molecule has 2 aromatic carbocycles. The van der Waals surface area contributed by atoms with Gasteiger partial charge in [0.15, 0.2) is 0 Å². The molecule has 1 atom stereocenters. The Kier molecular flexibility index (Phi) is 4.12. The van der Waals surface area contributed by atoms with Crippen molar-refractivity contribution < 1.29 is 4.79 Å². The van der Waals surface area contributed by atoms with Crippen molar-refractivity contribution in [3.63, 3.8) is 0 Å². The summed E-state index contributed by atoms with van der Waals surface area (Å²) in [5.41, 5.74) is 4.25. The van der Waals surface area contributed by atoms with Gasteiger partial charge in [-0.3, -0.25) is 4.90 Å². The Bertz CT molecular complexity index is 714. The fraction of sp³-hybridized carbons (Fsp3) is 0.278. The topological polar surface area (TPSA) is 32.3 Å². The van der Waals surface area contributed by atoms with Gasteiger partial charge in [-0.15, -0.1) is 11.8 Å². The summed E-state index contributed by atoms with van der Waals surface area (Å²) in [7, 11) is 0. The molecule has 3 nitrogen and oxygen atoms in total. The number of rotatable bonds is 1. The number of para-hydroxylation sites is 1. The van der Waals surface area contributed by atoms with Crippen molar-refractivity contribution in [1.29, 1.82) is 0 Å². The zero-order chi connectivity index (χ0) is 15.7. The van der Waals surface area contributed by atoms with Crippen LogP contribution in [0, 0.1) is 13.8 Å². The maximum Gasteiger partial charge on any atom is 0.326 e. The average molecular weight is 312 g/mol. The number of fused-ring (bicyclic) bond motifs is 1. The van der Waals surface area contributed by atoms with Gasteiger partial charge >= 0.3 is 6.03 Å². The number of amides is 2. The van der Waals surface area contributed by atoms with Crippen LogP contribution in [0.25, 0.3) is 0 Å². The van der Waals surface area contributed by atoms with E-state index in [0.29, 0.717) is 5.25 Å². The van der Waals surface area contributed by atoms with Gasteiger partial charge in [0.25, 0.3) is 0 Å². The van der Waals surface area contributed by atoms with Crippen LogP contribution >= 0.6 is 11.8 Å². The Morgan fingerprint density at radius 1 is 1.18 bits per heavy atom. The number of hydrogen-bond acceptors (Lipinski definition) is 2. The van der Waals surface area contributed by atoms with Gasteiger partial charge in [-0.25, -0.2) is 4.79 Å². The summed E-state index contributed by atoms with van der Waals surface area (Å²) in [5.74, 6) is 0. The van der Waals surface area contributed by atoms with Crippen LogP contribution in [-0.2, 0) is 0 Å². The summed E-state index contributed by atoms with van der Waals surface area (Å²) in [5, 5.41) is 3.41. The van der Waals surface area contributed by atoms with Gasteiger partial charge in [0, 0.05) is 22.4 Å². The van der Waals surface area contributed by atoms with Crippen LogP contribution in [0.3, 0.4) is 0 Å². The quantitative estimate of drug-likeness (QED) is 0.817. The number of carbonyl (C=O) groups is 1. The Hall–Kier alpha value is -1.94. The Morgan fingerprint density at radius 2 is 1.95 bits per heavy atom. The second-order valence-electron chi connectivity index (χ2n) is 5.74. The molecule has 0 saturated heterocycles. The number of benzene rings is 2. The molecule has 0 saturated carbocycles. The van der Waals surface area contributed by atoms with E-state index in [1.165, 1.54) is 11.1 Å². The first-order valence-electron chi connectivity index (χ1n) is 7.46. The van der Waals surface area contributed by atoms with Gasteiger partial charge in [-0.2, -0.15) is 0 Å². The Balaban J connectivity index is 1.84. The molecule has 22 heavy (non-hydrogen) atoms. The summed E-state index contributed by atoms with van der Waals surface area (Å²) >= 11 is 1.82. The second kappa shape index (κ2) is 6.05. The lowest BCUT2D eigenvalue weighted by Crippen LogP contribution is -2.41. The fourth-order valence-corrected chi connectivity index (χ4v) is 3.70. The summed E-state index contributed by atoms with van der Waals surface area (Å²) in [6.45, 7) is 7.00. The number of anilines is 2. The maximum atomic E-state index is 12.7. The zero-order valence-electron chi connectivity index (χ0n) is 13.1. The van der Waals surface area contributed by atoms with Crippen molar-refractivity contribution in [3.05, 3.63) is 53.6 Å². The lowest BCUT2D eigenvalue weighted by molar-refractivity contribution is 0.256. The minimum atomic E-state index is -0.0668. The van der Waals surface area contributed by atoms with E-state index in [1.54, 1.807) is 0 Å². The standard InChI is InChI=1S/C18H20N2OS/c1-12-8-9-15(10-13(12)2)19-18(21)20-11-14(3)22-17-7-5-4-6-16(17)20/h4-10,14H,11H2,1-3H3,(H,19,21)/t14-/m1/s1. The molecule has 0 aromatic heterocycles. The van der Waals surface area contributed by atoms with Crippen LogP contribution < -0.4 is 10.2 Å². The normalized spacial score (nSPS) is 17.0. The smallest absolute Gasteiger partial charge is 0.308 e. The Labute approximate surface area is 135 Å². The van der Waals surface area contributed by atoms with E-state index in [0.717, 1.165) is 22.8 Å². The molecule has 0 spiro atoms. The first kappa shape index (κ1) is 15.0. The van der Waals surface area contributed by atoms with E-state index in [2.05, 4.69) is 32.2 Å². The first-order valence-corrected chi connectivity index (χ1v) is 8.34. The van der Waals surface area contributed by atoms with E-state index >= 15 is 0 Å². The molecule has 1 heterocycles. The summed E-state index contributed by atoms with van der Waals surface area (Å²) in [4.78, 5) is 15.7. The van der Waals surface area contributed by atoms with E-state index in [1.807, 2.05) is 53.1 Å². The molecular formula is C18H20N2OS. The van der Waals surface area contributed by atoms with Crippen LogP contribution in [-0.4, -0.2) is 17.8 Å². The van der Waals surface area contributed by atoms with Crippen LogP contribution in [0.15, 0.2) is 47.4 Å². The zero-order valence-corrected chi connectivity index (χ0v) is 13.9. The third-order valence-electron chi connectivity index (χ3n) is 3.93. The molecular weight excluding hydrogens is 292 g/mol. The number of aryl methyl sites for hydroxylation is 2. The Morgan fingerprint density at radius 3 is 2.73 bits per heavy atom. The summed E-state index contributed by atoms with van der Waals surface area (Å²) < 4.78 is 0. The minimum absolute atomic E-state index is 0.0668. The number of nitrogens with one attached hydrogen (secondary N) is 1. The fourth-order valence-electron chi connectivity index (χ4n) is 2.59. The molecule has 114 valence electrons. The van der Waals surface area contributed by atoms with Gasteiger partial charge < -0.3 is 5.32 Å². The van der Waals surface area contributed by atoms with Crippen LogP contribution in [0.2, 0.25) is 0 Å². The van der Waals surface area contributed by atoms with Crippen molar-refractivity contribution >= 4 is 29.2 Å². The van der Waals surface area contributed by atoms with Gasteiger partial charge in [0.1, 0.15) is 0 Å². The number of urea groups is 1. The summed E-state index contributed by atoms with van der Waals surface area (Å²) in [6.07, 6.45) is 0. The molecule has 1 N–H and O–H groups in total. The molecule has 2 aromatic rings. The van der Waals surface area contributed by atoms with Crippen LogP contribution in [0.5, 0.6) is 0 Å². The minimum Gasteiger partial charge on any atom is -0.308 e. The lowest BCUT2D eigenvalue weighted by Gasteiger charge is -2.32. The molecule has 0 unspecified atom stereocenters. The molecule has 0 bridgehead atoms. The number of hydrogen-bond donors (Lipinski definition) is 1. The molecule has 0 fully saturated rings. The van der Waals surface area contributed by atoms with Crippen molar-refractivity contribution in [1.82, 2.24) is 0 Å². The van der Waals surface area contributed by atoms with E-state index in [9.17, 15) is 4.79 Å². The highest BCUT2D eigenvalue weighted by atomic mass is 32.2. The van der Waals surface area contributed by atoms with E-state index in [-0.39, 0.29) is 6.03 Å². The van der Waals surface area contributed by atoms with Crippen molar-refractivity contribution in [2.45, 2.75) is 30.9 Å². The SMILES string of the molecule is Cc1ccc(NC(=O)N2C[C@@H](C)Sc3ccccc32)cc1C. The highest BCUT2D eigenvalue weighted by Crippen LogP contribution is 2.38. The predicted octanol–water partition coefficient (Wildman–Crippen LogP) is 4.84. The summed E-state index contributed by atoms with van der Waals surface area (Å²) in [6, 6.07) is 14.0. The number of carbonyl (C=O) groups excluding carboxylic acids is 1. The molecule has 0 radical (unpaired) electrons. The van der Waals surface area contributed by atoms with E-state index < -0.39 is 0 Å². The monoisotopic (exact) mass is 312 g/mol. The average Bonchev–Trinajstić information content (AvgIpc) is 2.50. The predicted molar refractivity (Wildman–Crippen MR) is 94.0 cm³/mol. The number of thioether (sulfide) groups is 1. The largest absolute Gasteiger partial charge is 0.326 e. The molecule has 0 aliphatic carbocycles. The van der Waals surface area contributed by atoms with Crippen LogP contribution in [0.4, 0.5) is 16.2 Å². The van der Waals surface area contributed by atoms with E-state index in [4.69, 9.17) is 0 Å². The molecule has 1 aliphatic heterocycles. The molecule has 4 heteroatoms. The van der Waals surface area contributed by atoms with Gasteiger partial charge in [0.05, 0.1) is 5.69 Å². The number of nitrogens with zero attached hydrogens (tertiary/aromatic N) is 1. The van der Waals surface area contributed by atoms with Gasteiger partial charge in [0.2, 0.25) is 0 Å². The highest BCUT2D eigenvalue weighted by molar-refractivity contribution is 8.00.